The van der Waals surface area contributed by atoms with Gasteiger partial charge in [-0.25, -0.2) is 0 Å². The smallest absolute Gasteiger partial charge is 0.193 e. The predicted octanol–water partition coefficient (Wildman–Crippen LogP) is -0.244. The van der Waals surface area contributed by atoms with Crippen LogP contribution in [0.15, 0.2) is 21.3 Å². The average molecular weight is 408 g/mol. The van der Waals surface area contributed by atoms with Crippen molar-refractivity contribution in [1.82, 2.24) is 0 Å². The molecule has 0 aliphatic carbocycles. The van der Waals surface area contributed by atoms with Gasteiger partial charge in [-0.05, 0) is 25.5 Å². The Balaban J connectivity index is 2.29. The zero-order valence-electron chi connectivity index (χ0n) is 16.3. The lowest BCUT2D eigenvalue weighted by Crippen LogP contribution is -2.55. The Morgan fingerprint density at radius 2 is 1.86 bits per heavy atom. The fraction of sp³-hybridized carbons (Fsp3) is 0.500. The van der Waals surface area contributed by atoms with E-state index >= 15 is 0 Å². The predicted molar refractivity (Wildman–Crippen MR) is 101 cm³/mol. The third-order valence-corrected chi connectivity index (χ3v) is 5.07. The Labute approximate surface area is 166 Å². The number of carbonyl (C=O) groups excluding carboxylic acids is 1. The molecule has 1 aromatic carbocycles. The molecule has 0 amide bonds. The maximum atomic E-state index is 12.7. The van der Waals surface area contributed by atoms with Crippen LogP contribution in [0.25, 0.3) is 11.0 Å². The number of ether oxygens (including phenoxy) is 2. The molecule has 3 rings (SSSR count). The molecular formula is C20H24O9. The molecule has 158 valence electrons. The zero-order valence-corrected chi connectivity index (χ0v) is 16.3. The lowest BCUT2D eigenvalue weighted by Gasteiger charge is -2.40. The summed E-state index contributed by atoms with van der Waals surface area (Å²) in [6.07, 6.45) is -7.25. The van der Waals surface area contributed by atoms with E-state index in [9.17, 15) is 30.0 Å². The molecule has 1 aliphatic heterocycles. The highest BCUT2D eigenvalue weighted by atomic mass is 16.5. The summed E-state index contributed by atoms with van der Waals surface area (Å²) in [6.45, 7) is 2.44. The summed E-state index contributed by atoms with van der Waals surface area (Å²) < 4.78 is 16.9. The van der Waals surface area contributed by atoms with Gasteiger partial charge in [-0.15, -0.1) is 0 Å². The fourth-order valence-electron chi connectivity index (χ4n) is 3.67. The summed E-state index contributed by atoms with van der Waals surface area (Å²) in [5, 5.41) is 40.5. The molecule has 9 nitrogen and oxygen atoms in total. The number of carbonyl (C=O) groups is 1. The lowest BCUT2D eigenvalue weighted by atomic mass is 9.89. The van der Waals surface area contributed by atoms with Crippen LogP contribution < -0.4 is 10.2 Å². The molecule has 1 saturated heterocycles. The minimum absolute atomic E-state index is 0.0509. The van der Waals surface area contributed by atoms with Crippen molar-refractivity contribution in [1.29, 1.82) is 0 Å². The third-order valence-electron chi connectivity index (χ3n) is 5.07. The lowest BCUT2D eigenvalue weighted by molar-refractivity contribution is -0.231. The van der Waals surface area contributed by atoms with Gasteiger partial charge >= 0.3 is 0 Å². The first-order chi connectivity index (χ1) is 13.7. The van der Waals surface area contributed by atoms with Crippen LogP contribution in [-0.2, 0) is 16.0 Å². The first-order valence-electron chi connectivity index (χ1n) is 9.13. The fourth-order valence-corrected chi connectivity index (χ4v) is 3.67. The second-order valence-corrected chi connectivity index (χ2v) is 7.22. The normalized spacial score (nSPS) is 27.2. The average Bonchev–Trinajstić information content (AvgIpc) is 2.66. The number of methoxy groups -OCH3 is 1. The number of aliphatic hydroxyl groups is 4. The Kier molecular flexibility index (Phi) is 6.06. The van der Waals surface area contributed by atoms with E-state index in [-0.39, 0.29) is 45.7 Å². The summed E-state index contributed by atoms with van der Waals surface area (Å²) in [5.74, 6) is 0.150. The van der Waals surface area contributed by atoms with E-state index < -0.39 is 37.1 Å². The minimum atomic E-state index is -1.61. The highest BCUT2D eigenvalue weighted by Crippen LogP contribution is 2.41. The summed E-state index contributed by atoms with van der Waals surface area (Å²) in [4.78, 5) is 24.2. The van der Waals surface area contributed by atoms with Crippen LogP contribution in [0, 0.1) is 6.92 Å². The molecule has 0 radical (unpaired) electrons. The standard InChI is InChI=1S/C20H24O9/c1-8-4-12(27-3)15(20-18(26)17(25)16(24)13(7-21)29-20)19-14(8)11(23)6-10(28-19)5-9(2)22/h4,6,13,16-18,20-21,24-26H,5,7H2,1-3H3. The Bertz CT molecular complexity index is 978. The van der Waals surface area contributed by atoms with Gasteiger partial charge in [-0.2, -0.15) is 0 Å². The number of ketones is 1. The molecule has 0 spiro atoms. The molecule has 5 atom stereocenters. The molecule has 1 aliphatic rings. The van der Waals surface area contributed by atoms with Gasteiger partial charge in [-0.3, -0.25) is 9.59 Å². The van der Waals surface area contributed by atoms with Crippen LogP contribution in [0.4, 0.5) is 0 Å². The van der Waals surface area contributed by atoms with E-state index in [2.05, 4.69) is 0 Å². The number of aliphatic hydroxyl groups excluding tert-OH is 4. The highest BCUT2D eigenvalue weighted by Gasteiger charge is 2.46. The van der Waals surface area contributed by atoms with Crippen molar-refractivity contribution in [2.45, 2.75) is 50.8 Å². The molecule has 1 fully saturated rings. The Hall–Kier alpha value is -2.30. The summed E-state index contributed by atoms with van der Waals surface area (Å²) >= 11 is 0. The molecule has 0 saturated carbocycles. The van der Waals surface area contributed by atoms with Crippen LogP contribution >= 0.6 is 0 Å². The van der Waals surface area contributed by atoms with Gasteiger partial charge in [0.2, 0.25) is 0 Å². The number of aryl methyl sites for hydroxylation is 1. The van der Waals surface area contributed by atoms with Gasteiger partial charge in [0.25, 0.3) is 0 Å². The molecule has 5 unspecified atom stereocenters. The highest BCUT2D eigenvalue weighted by molar-refractivity contribution is 5.86. The molecule has 4 N–H and O–H groups in total. The van der Waals surface area contributed by atoms with Crippen LogP contribution in [-0.4, -0.2) is 64.3 Å². The first-order valence-corrected chi connectivity index (χ1v) is 9.13. The Morgan fingerprint density at radius 1 is 1.17 bits per heavy atom. The van der Waals surface area contributed by atoms with Gasteiger partial charge in [0, 0.05) is 6.07 Å². The number of hydrogen-bond donors (Lipinski definition) is 4. The van der Waals surface area contributed by atoms with Gasteiger partial charge < -0.3 is 34.3 Å². The van der Waals surface area contributed by atoms with Crippen molar-refractivity contribution in [2.75, 3.05) is 13.7 Å². The molecule has 29 heavy (non-hydrogen) atoms. The van der Waals surface area contributed by atoms with Crippen molar-refractivity contribution < 1.29 is 39.1 Å². The van der Waals surface area contributed by atoms with E-state index in [0.29, 0.717) is 5.56 Å². The monoisotopic (exact) mass is 408 g/mol. The number of hydrogen-bond acceptors (Lipinski definition) is 9. The number of benzene rings is 1. The molecule has 2 heterocycles. The largest absolute Gasteiger partial charge is 0.496 e. The quantitative estimate of drug-likeness (QED) is 0.526. The number of fused-ring (bicyclic) bond motifs is 1. The van der Waals surface area contributed by atoms with E-state index in [1.54, 1.807) is 13.0 Å². The Morgan fingerprint density at radius 3 is 2.45 bits per heavy atom. The zero-order chi connectivity index (χ0) is 21.5. The van der Waals surface area contributed by atoms with Gasteiger partial charge in [-0.1, -0.05) is 0 Å². The van der Waals surface area contributed by atoms with Crippen molar-refractivity contribution in [3.63, 3.8) is 0 Å². The van der Waals surface area contributed by atoms with E-state index in [1.165, 1.54) is 20.1 Å². The topological polar surface area (TPSA) is 147 Å². The van der Waals surface area contributed by atoms with Crippen LogP contribution in [0.1, 0.15) is 29.9 Å². The van der Waals surface area contributed by atoms with Crippen LogP contribution in [0.2, 0.25) is 0 Å². The second kappa shape index (κ2) is 8.21. The molecule has 9 heteroatoms. The number of rotatable bonds is 5. The van der Waals surface area contributed by atoms with Gasteiger partial charge in [0.1, 0.15) is 53.4 Å². The van der Waals surface area contributed by atoms with Crippen LogP contribution in [0.5, 0.6) is 5.75 Å². The van der Waals surface area contributed by atoms with Crippen molar-refractivity contribution in [3.8, 4) is 5.75 Å². The molecule has 2 aromatic rings. The molecule has 1 aromatic heterocycles. The van der Waals surface area contributed by atoms with Crippen molar-refractivity contribution in [2.24, 2.45) is 0 Å². The first kappa shape index (κ1) is 21.4. The van der Waals surface area contributed by atoms with E-state index in [1.807, 2.05) is 0 Å². The third kappa shape index (κ3) is 3.79. The summed E-state index contributed by atoms with van der Waals surface area (Å²) in [7, 11) is 1.38. The molecule has 0 bridgehead atoms. The van der Waals surface area contributed by atoms with E-state index in [4.69, 9.17) is 13.9 Å². The summed E-state index contributed by atoms with van der Waals surface area (Å²) in [5.41, 5.74) is 0.365. The van der Waals surface area contributed by atoms with E-state index in [0.717, 1.165) is 0 Å². The maximum absolute atomic E-state index is 12.7. The SMILES string of the molecule is COc1cc(C)c2c(=O)cc(CC(C)=O)oc2c1C1OC(CO)C(O)C(O)C1O. The van der Waals surface area contributed by atoms with Gasteiger partial charge in [0.05, 0.1) is 31.1 Å². The number of Topliss-reactive ketones (excluding diaryl/α,β-unsaturated/α-hetero) is 1. The minimum Gasteiger partial charge on any atom is -0.496 e. The second-order valence-electron chi connectivity index (χ2n) is 7.22. The van der Waals surface area contributed by atoms with Gasteiger partial charge in [0.15, 0.2) is 5.43 Å². The molecular weight excluding hydrogens is 384 g/mol. The van der Waals surface area contributed by atoms with Crippen molar-refractivity contribution in [3.05, 3.63) is 39.2 Å². The maximum Gasteiger partial charge on any atom is 0.193 e. The van der Waals surface area contributed by atoms with Crippen LogP contribution in [0.3, 0.4) is 0 Å². The summed E-state index contributed by atoms with van der Waals surface area (Å²) in [6, 6.07) is 2.81. The van der Waals surface area contributed by atoms with Crippen molar-refractivity contribution >= 4 is 16.8 Å².